The molecule has 0 aliphatic heterocycles. The molecular formula is C26H25Cl2N3O3. The fraction of sp³-hybridized carbons (Fsp3) is 0.154. The first-order valence-electron chi connectivity index (χ1n) is 10.7. The summed E-state index contributed by atoms with van der Waals surface area (Å²) in [5.41, 5.74) is 3.09. The summed E-state index contributed by atoms with van der Waals surface area (Å²) in [4.78, 5) is 10.4. The molecule has 4 aromatic carbocycles. The molecule has 0 saturated carbocycles. The van der Waals surface area contributed by atoms with E-state index in [1.54, 1.807) is 12.1 Å². The first-order chi connectivity index (χ1) is 16.1. The van der Waals surface area contributed by atoms with Gasteiger partial charge in [-0.2, -0.15) is 0 Å². The van der Waals surface area contributed by atoms with E-state index >= 15 is 0 Å². The number of nitro groups is 1. The number of hydrogen-bond acceptors (Lipinski definition) is 5. The van der Waals surface area contributed by atoms with E-state index in [2.05, 4.69) is 28.8 Å². The number of ether oxygens (including phenoxy) is 1. The highest BCUT2D eigenvalue weighted by Gasteiger charge is 2.09. The van der Waals surface area contributed by atoms with Crippen LogP contribution in [0.4, 0.5) is 11.4 Å². The number of halogens is 2. The molecule has 0 aliphatic rings. The van der Waals surface area contributed by atoms with E-state index in [0.29, 0.717) is 24.7 Å². The summed E-state index contributed by atoms with van der Waals surface area (Å²) < 4.78 is 6.17. The van der Waals surface area contributed by atoms with Crippen LogP contribution in [0.25, 0.3) is 10.8 Å². The van der Waals surface area contributed by atoms with Crippen molar-refractivity contribution in [2.75, 3.05) is 18.4 Å². The van der Waals surface area contributed by atoms with Gasteiger partial charge in [0.1, 0.15) is 12.4 Å². The van der Waals surface area contributed by atoms with E-state index in [1.807, 2.05) is 42.5 Å². The van der Waals surface area contributed by atoms with Crippen molar-refractivity contribution in [2.24, 2.45) is 0 Å². The molecule has 176 valence electrons. The zero-order chi connectivity index (χ0) is 23.0. The maximum absolute atomic E-state index is 10.8. The Bertz CT molecular complexity index is 1230. The topological polar surface area (TPSA) is 76.4 Å². The monoisotopic (exact) mass is 497 g/mol. The normalized spacial score (nSPS) is 10.5. The standard InChI is InChI=1S/C26H24ClN3O3.ClH/c27-21-8-5-19(6-9-21)18-33-26-14-7-20-3-1-2-4-24(20)25(26)17-28-15-16-29-22-10-12-23(13-11-22)30(31)32;/h1-14,28-29H,15-18H2;1H. The Labute approximate surface area is 209 Å². The lowest BCUT2D eigenvalue weighted by Gasteiger charge is -2.16. The van der Waals surface area contributed by atoms with Crippen molar-refractivity contribution < 1.29 is 9.66 Å². The molecule has 0 heterocycles. The quantitative estimate of drug-likeness (QED) is 0.146. The number of non-ortho nitro benzene ring substituents is 1. The Morgan fingerprint density at radius 1 is 0.882 bits per heavy atom. The molecule has 4 aromatic rings. The van der Waals surface area contributed by atoms with Gasteiger partial charge in [0.25, 0.3) is 5.69 Å². The Morgan fingerprint density at radius 3 is 2.35 bits per heavy atom. The van der Waals surface area contributed by atoms with Gasteiger partial charge in [-0.3, -0.25) is 10.1 Å². The van der Waals surface area contributed by atoms with E-state index in [-0.39, 0.29) is 18.1 Å². The van der Waals surface area contributed by atoms with Crippen LogP contribution in [0.2, 0.25) is 5.02 Å². The average molecular weight is 498 g/mol. The summed E-state index contributed by atoms with van der Waals surface area (Å²) in [5.74, 6) is 0.847. The first-order valence-corrected chi connectivity index (χ1v) is 11.0. The van der Waals surface area contributed by atoms with Crippen molar-refractivity contribution in [1.29, 1.82) is 0 Å². The van der Waals surface area contributed by atoms with Crippen LogP contribution in [0.15, 0.2) is 84.9 Å². The minimum atomic E-state index is -0.401. The minimum Gasteiger partial charge on any atom is -0.489 e. The summed E-state index contributed by atoms with van der Waals surface area (Å²) in [6, 6.07) is 26.4. The maximum atomic E-state index is 10.8. The van der Waals surface area contributed by atoms with Crippen LogP contribution >= 0.6 is 24.0 Å². The molecular weight excluding hydrogens is 473 g/mol. The molecule has 2 N–H and O–H groups in total. The van der Waals surface area contributed by atoms with Crippen LogP contribution in [-0.4, -0.2) is 18.0 Å². The lowest BCUT2D eigenvalue weighted by atomic mass is 10.0. The second kappa shape index (κ2) is 12.2. The molecule has 0 atom stereocenters. The van der Waals surface area contributed by atoms with Crippen molar-refractivity contribution in [1.82, 2.24) is 5.32 Å². The van der Waals surface area contributed by atoms with Crippen LogP contribution < -0.4 is 15.4 Å². The van der Waals surface area contributed by atoms with Crippen molar-refractivity contribution >= 4 is 46.2 Å². The molecule has 34 heavy (non-hydrogen) atoms. The molecule has 0 radical (unpaired) electrons. The number of nitro benzene ring substituents is 1. The number of anilines is 1. The second-order valence-electron chi connectivity index (χ2n) is 7.59. The Balaban J connectivity index is 0.00000324. The third-order valence-corrected chi connectivity index (χ3v) is 5.57. The highest BCUT2D eigenvalue weighted by atomic mass is 35.5. The lowest BCUT2D eigenvalue weighted by molar-refractivity contribution is -0.384. The predicted octanol–water partition coefficient (Wildman–Crippen LogP) is 6.60. The number of benzene rings is 4. The molecule has 0 amide bonds. The van der Waals surface area contributed by atoms with Gasteiger partial charge >= 0.3 is 0 Å². The lowest BCUT2D eigenvalue weighted by Crippen LogP contribution is -2.22. The molecule has 0 bridgehead atoms. The summed E-state index contributed by atoms with van der Waals surface area (Å²) in [5, 5.41) is 20.5. The van der Waals surface area contributed by atoms with E-state index in [0.717, 1.165) is 39.9 Å². The first kappa shape index (κ1) is 25.3. The molecule has 0 unspecified atom stereocenters. The van der Waals surface area contributed by atoms with Gasteiger partial charge in [-0.15, -0.1) is 12.4 Å². The van der Waals surface area contributed by atoms with E-state index < -0.39 is 4.92 Å². The summed E-state index contributed by atoms with van der Waals surface area (Å²) in [6.45, 7) is 2.52. The maximum Gasteiger partial charge on any atom is 0.269 e. The van der Waals surface area contributed by atoms with Gasteiger partial charge < -0.3 is 15.4 Å². The third kappa shape index (κ3) is 6.60. The number of rotatable bonds is 10. The fourth-order valence-corrected chi connectivity index (χ4v) is 3.71. The van der Waals surface area contributed by atoms with Gasteiger partial charge in [-0.25, -0.2) is 0 Å². The molecule has 8 heteroatoms. The highest BCUT2D eigenvalue weighted by molar-refractivity contribution is 6.30. The van der Waals surface area contributed by atoms with Gasteiger partial charge in [0.15, 0.2) is 0 Å². The van der Waals surface area contributed by atoms with Crippen LogP contribution in [-0.2, 0) is 13.2 Å². The van der Waals surface area contributed by atoms with Gasteiger partial charge in [0.2, 0.25) is 0 Å². The molecule has 4 rings (SSSR count). The van der Waals surface area contributed by atoms with E-state index in [4.69, 9.17) is 16.3 Å². The SMILES string of the molecule is Cl.O=[N+]([O-])c1ccc(NCCNCc2c(OCc3ccc(Cl)cc3)ccc3ccccc23)cc1. The zero-order valence-corrected chi connectivity index (χ0v) is 19.9. The van der Waals surface area contributed by atoms with Gasteiger partial charge in [-0.1, -0.05) is 54.1 Å². The predicted molar refractivity (Wildman–Crippen MR) is 140 cm³/mol. The van der Waals surface area contributed by atoms with Gasteiger partial charge in [0, 0.05) is 48.0 Å². The third-order valence-electron chi connectivity index (χ3n) is 5.32. The van der Waals surface area contributed by atoms with E-state index in [9.17, 15) is 10.1 Å². The number of nitrogens with one attached hydrogen (secondary N) is 2. The van der Waals surface area contributed by atoms with Crippen LogP contribution in [0.3, 0.4) is 0 Å². The Morgan fingerprint density at radius 2 is 1.62 bits per heavy atom. The molecule has 0 saturated heterocycles. The van der Waals surface area contributed by atoms with E-state index in [1.165, 1.54) is 12.1 Å². The van der Waals surface area contributed by atoms with Crippen LogP contribution in [0.1, 0.15) is 11.1 Å². The minimum absolute atomic E-state index is 0. The molecule has 6 nitrogen and oxygen atoms in total. The Kier molecular flexibility index (Phi) is 9.10. The largest absolute Gasteiger partial charge is 0.489 e. The summed E-state index contributed by atoms with van der Waals surface area (Å²) >= 11 is 5.98. The fourth-order valence-electron chi connectivity index (χ4n) is 3.58. The molecule has 0 spiro atoms. The number of hydrogen-bond donors (Lipinski definition) is 2. The van der Waals surface area contributed by atoms with Crippen molar-refractivity contribution in [3.63, 3.8) is 0 Å². The van der Waals surface area contributed by atoms with Crippen LogP contribution in [0, 0.1) is 10.1 Å². The second-order valence-corrected chi connectivity index (χ2v) is 8.02. The highest BCUT2D eigenvalue weighted by Crippen LogP contribution is 2.29. The molecule has 0 fully saturated rings. The summed E-state index contributed by atoms with van der Waals surface area (Å²) in [7, 11) is 0. The zero-order valence-electron chi connectivity index (χ0n) is 18.4. The van der Waals surface area contributed by atoms with Crippen molar-refractivity contribution in [3.8, 4) is 5.75 Å². The van der Waals surface area contributed by atoms with Crippen LogP contribution in [0.5, 0.6) is 5.75 Å². The smallest absolute Gasteiger partial charge is 0.269 e. The van der Waals surface area contributed by atoms with Gasteiger partial charge in [0.05, 0.1) is 4.92 Å². The van der Waals surface area contributed by atoms with Crippen molar-refractivity contribution in [3.05, 3.63) is 111 Å². The molecule has 0 aromatic heterocycles. The van der Waals surface area contributed by atoms with Crippen molar-refractivity contribution in [2.45, 2.75) is 13.2 Å². The Hall–Kier alpha value is -3.32. The average Bonchev–Trinajstić information content (AvgIpc) is 2.84. The van der Waals surface area contributed by atoms with Gasteiger partial charge in [-0.05, 0) is 46.7 Å². The molecule has 0 aliphatic carbocycles. The number of nitrogens with zero attached hydrogens (tertiary/aromatic N) is 1. The summed E-state index contributed by atoms with van der Waals surface area (Å²) in [6.07, 6.45) is 0. The number of fused-ring (bicyclic) bond motifs is 1.